The highest BCUT2D eigenvalue weighted by molar-refractivity contribution is 5.77. The highest BCUT2D eigenvalue weighted by Gasteiger charge is 2.34. The first kappa shape index (κ1) is 5.05. The molecule has 4 heteroatoms. The number of hydrogen-bond donors (Lipinski definition) is 3. The normalized spacial score (nSPS) is 39.8. The molecule has 2 saturated heterocycles. The molecular weight excluding hydrogens is 118 g/mol. The second-order valence-corrected chi connectivity index (χ2v) is 2.49. The highest BCUT2D eigenvalue weighted by atomic mass is 16.2. The Hall–Kier alpha value is -0.770. The van der Waals surface area contributed by atoms with Crippen LogP contribution in [0.5, 0.6) is 0 Å². The topological polar surface area (TPSA) is 53.2 Å². The van der Waals surface area contributed by atoms with Crippen LogP contribution in [0.1, 0.15) is 0 Å². The predicted molar refractivity (Wildman–Crippen MR) is 32.1 cm³/mol. The van der Waals surface area contributed by atoms with Crippen LogP contribution < -0.4 is 16.0 Å². The Bertz CT molecular complexity index is 133. The van der Waals surface area contributed by atoms with Crippen LogP contribution >= 0.6 is 0 Å². The van der Waals surface area contributed by atoms with Gasteiger partial charge in [-0.25, -0.2) is 4.79 Å². The van der Waals surface area contributed by atoms with E-state index in [4.69, 9.17) is 0 Å². The van der Waals surface area contributed by atoms with Crippen molar-refractivity contribution in [2.75, 3.05) is 13.1 Å². The van der Waals surface area contributed by atoms with E-state index in [0.29, 0.717) is 12.1 Å². The van der Waals surface area contributed by atoms with Crippen molar-refractivity contribution < 1.29 is 4.79 Å². The number of hydrogen-bond acceptors (Lipinski definition) is 2. The molecule has 9 heavy (non-hydrogen) atoms. The molecule has 2 rings (SSSR count). The van der Waals surface area contributed by atoms with Gasteiger partial charge in [0.05, 0.1) is 12.1 Å². The molecule has 0 bridgehead atoms. The number of amides is 2. The van der Waals surface area contributed by atoms with Crippen LogP contribution in [0, 0.1) is 0 Å². The largest absolute Gasteiger partial charge is 0.332 e. The van der Waals surface area contributed by atoms with Gasteiger partial charge in [0.2, 0.25) is 0 Å². The molecule has 2 fully saturated rings. The fourth-order valence-corrected chi connectivity index (χ4v) is 1.36. The molecule has 0 aromatic rings. The third-order valence-corrected chi connectivity index (χ3v) is 1.85. The SMILES string of the molecule is O=C1N[C@H]2CNC[C@@H]2N1. The van der Waals surface area contributed by atoms with Crippen LogP contribution in [-0.2, 0) is 0 Å². The maximum absolute atomic E-state index is 10.6. The maximum atomic E-state index is 10.6. The average molecular weight is 127 g/mol. The van der Waals surface area contributed by atoms with E-state index in [1.54, 1.807) is 0 Å². The second kappa shape index (κ2) is 1.60. The lowest BCUT2D eigenvalue weighted by atomic mass is 10.2. The number of urea groups is 1. The van der Waals surface area contributed by atoms with Crippen molar-refractivity contribution in [2.24, 2.45) is 0 Å². The lowest BCUT2D eigenvalue weighted by Crippen LogP contribution is -2.31. The number of carbonyl (C=O) groups is 1. The Morgan fingerprint density at radius 2 is 1.78 bits per heavy atom. The highest BCUT2D eigenvalue weighted by Crippen LogP contribution is 2.04. The van der Waals surface area contributed by atoms with Gasteiger partial charge in [0.25, 0.3) is 0 Å². The minimum atomic E-state index is -0.0218. The number of rotatable bonds is 0. The Balaban J connectivity index is 2.09. The van der Waals surface area contributed by atoms with E-state index >= 15 is 0 Å². The molecule has 0 spiro atoms. The van der Waals surface area contributed by atoms with Gasteiger partial charge in [-0.05, 0) is 0 Å². The van der Waals surface area contributed by atoms with Crippen molar-refractivity contribution in [3.8, 4) is 0 Å². The van der Waals surface area contributed by atoms with E-state index in [2.05, 4.69) is 16.0 Å². The molecule has 50 valence electrons. The van der Waals surface area contributed by atoms with Gasteiger partial charge in [-0.15, -0.1) is 0 Å². The van der Waals surface area contributed by atoms with Crippen molar-refractivity contribution >= 4 is 6.03 Å². The lowest BCUT2D eigenvalue weighted by Gasteiger charge is -2.02. The summed E-state index contributed by atoms with van der Waals surface area (Å²) >= 11 is 0. The molecule has 0 aliphatic carbocycles. The van der Waals surface area contributed by atoms with Crippen molar-refractivity contribution in [2.45, 2.75) is 12.1 Å². The van der Waals surface area contributed by atoms with Crippen molar-refractivity contribution in [3.63, 3.8) is 0 Å². The zero-order valence-corrected chi connectivity index (χ0v) is 4.98. The first-order valence-corrected chi connectivity index (χ1v) is 3.14. The van der Waals surface area contributed by atoms with Crippen LogP contribution in [0.25, 0.3) is 0 Å². The molecule has 0 saturated carbocycles. The monoisotopic (exact) mass is 127 g/mol. The van der Waals surface area contributed by atoms with E-state index in [-0.39, 0.29) is 6.03 Å². The maximum Gasteiger partial charge on any atom is 0.315 e. The fourth-order valence-electron chi connectivity index (χ4n) is 1.36. The quantitative estimate of drug-likeness (QED) is 0.376. The van der Waals surface area contributed by atoms with Gasteiger partial charge in [0.1, 0.15) is 0 Å². The molecule has 0 aromatic carbocycles. The lowest BCUT2D eigenvalue weighted by molar-refractivity contribution is 0.246. The van der Waals surface area contributed by atoms with Gasteiger partial charge in [-0.3, -0.25) is 0 Å². The summed E-state index contributed by atoms with van der Waals surface area (Å²) in [5.74, 6) is 0. The van der Waals surface area contributed by atoms with E-state index in [0.717, 1.165) is 13.1 Å². The summed E-state index contributed by atoms with van der Waals surface area (Å²) in [6.45, 7) is 1.81. The van der Waals surface area contributed by atoms with Gasteiger partial charge in [-0.1, -0.05) is 0 Å². The van der Waals surface area contributed by atoms with E-state index in [9.17, 15) is 4.79 Å². The summed E-state index contributed by atoms with van der Waals surface area (Å²) in [5.41, 5.74) is 0. The third-order valence-electron chi connectivity index (χ3n) is 1.85. The average Bonchev–Trinajstić information content (AvgIpc) is 2.22. The zero-order chi connectivity index (χ0) is 6.27. The minimum absolute atomic E-state index is 0.0218. The first-order chi connectivity index (χ1) is 4.36. The molecule has 0 radical (unpaired) electrons. The summed E-state index contributed by atoms with van der Waals surface area (Å²) < 4.78 is 0. The summed E-state index contributed by atoms with van der Waals surface area (Å²) in [7, 11) is 0. The Morgan fingerprint density at radius 1 is 1.22 bits per heavy atom. The Kier molecular flexibility index (Phi) is 0.900. The van der Waals surface area contributed by atoms with Crippen LogP contribution in [0.2, 0.25) is 0 Å². The molecule has 2 amide bonds. The van der Waals surface area contributed by atoms with Crippen LogP contribution in [-0.4, -0.2) is 31.2 Å². The van der Waals surface area contributed by atoms with Gasteiger partial charge in [0, 0.05) is 13.1 Å². The summed E-state index contributed by atoms with van der Waals surface area (Å²) in [6, 6.07) is 0.640. The number of fused-ring (bicyclic) bond motifs is 1. The minimum Gasteiger partial charge on any atom is -0.332 e. The standard InChI is InChI=1S/C5H9N3O/c9-5-7-3-1-6-2-4(3)8-5/h3-4,6H,1-2H2,(H2,7,8,9)/t3-,4-/m0/s1. The van der Waals surface area contributed by atoms with E-state index in [1.165, 1.54) is 0 Å². The molecule has 2 atom stereocenters. The van der Waals surface area contributed by atoms with Crippen LogP contribution in [0.15, 0.2) is 0 Å². The zero-order valence-electron chi connectivity index (χ0n) is 4.98. The summed E-state index contributed by atoms with van der Waals surface area (Å²) in [5, 5.41) is 8.77. The van der Waals surface area contributed by atoms with Crippen molar-refractivity contribution in [1.82, 2.24) is 16.0 Å². The number of nitrogens with one attached hydrogen (secondary N) is 3. The summed E-state index contributed by atoms with van der Waals surface area (Å²) in [6.07, 6.45) is 0. The second-order valence-electron chi connectivity index (χ2n) is 2.49. The Morgan fingerprint density at radius 3 is 2.33 bits per heavy atom. The smallest absolute Gasteiger partial charge is 0.315 e. The predicted octanol–water partition coefficient (Wildman–Crippen LogP) is -1.36. The van der Waals surface area contributed by atoms with Gasteiger partial charge >= 0.3 is 6.03 Å². The van der Waals surface area contributed by atoms with Crippen LogP contribution in [0.4, 0.5) is 4.79 Å². The summed E-state index contributed by atoms with van der Waals surface area (Å²) in [4.78, 5) is 10.6. The molecule has 3 N–H and O–H groups in total. The Labute approximate surface area is 53.0 Å². The van der Waals surface area contributed by atoms with E-state index < -0.39 is 0 Å². The number of carbonyl (C=O) groups excluding carboxylic acids is 1. The molecule has 2 aliphatic heterocycles. The fraction of sp³-hybridized carbons (Fsp3) is 0.800. The molecule has 4 nitrogen and oxygen atoms in total. The molecular formula is C5H9N3O. The van der Waals surface area contributed by atoms with Gasteiger partial charge < -0.3 is 16.0 Å². The van der Waals surface area contributed by atoms with E-state index in [1.807, 2.05) is 0 Å². The van der Waals surface area contributed by atoms with Crippen molar-refractivity contribution in [1.29, 1.82) is 0 Å². The third kappa shape index (κ3) is 0.666. The van der Waals surface area contributed by atoms with Crippen molar-refractivity contribution in [3.05, 3.63) is 0 Å². The first-order valence-electron chi connectivity index (χ1n) is 3.14. The van der Waals surface area contributed by atoms with Gasteiger partial charge in [0.15, 0.2) is 0 Å². The van der Waals surface area contributed by atoms with Gasteiger partial charge in [-0.2, -0.15) is 0 Å². The van der Waals surface area contributed by atoms with Crippen LogP contribution in [0.3, 0.4) is 0 Å². The molecule has 2 aliphatic rings. The molecule has 0 aromatic heterocycles. The molecule has 0 unspecified atom stereocenters. The molecule has 2 heterocycles.